The van der Waals surface area contributed by atoms with Crippen molar-refractivity contribution in [2.45, 2.75) is 44.6 Å². The van der Waals surface area contributed by atoms with Crippen LogP contribution in [0.4, 0.5) is 8.78 Å². The Kier molecular flexibility index (Phi) is 3.63. The Balaban J connectivity index is 1.86. The topological polar surface area (TPSA) is 57.8 Å². The van der Waals surface area contributed by atoms with Gasteiger partial charge in [0.15, 0.2) is 0 Å². The summed E-state index contributed by atoms with van der Waals surface area (Å²) >= 11 is 0. The van der Waals surface area contributed by atoms with Gasteiger partial charge in [-0.05, 0) is 19.8 Å². The Bertz CT molecular complexity index is 395. The standard InChI is InChI=1S/C12H17F2N3O/c1-8(10-6-15-16-7-10)17-11(18)9-2-4-12(13,14)5-3-9/h6-9H,2-5H2,1H3,(H,15,16)(H,17,18). The summed E-state index contributed by atoms with van der Waals surface area (Å²) in [5.41, 5.74) is 0.879. The van der Waals surface area contributed by atoms with Crippen LogP contribution in [0, 0.1) is 5.92 Å². The monoisotopic (exact) mass is 257 g/mol. The molecule has 1 aliphatic carbocycles. The van der Waals surface area contributed by atoms with Crippen LogP contribution in [0.15, 0.2) is 12.4 Å². The van der Waals surface area contributed by atoms with Gasteiger partial charge in [-0.2, -0.15) is 5.10 Å². The zero-order valence-electron chi connectivity index (χ0n) is 10.2. The van der Waals surface area contributed by atoms with Gasteiger partial charge in [-0.25, -0.2) is 8.78 Å². The van der Waals surface area contributed by atoms with E-state index in [1.165, 1.54) is 0 Å². The first-order valence-electron chi connectivity index (χ1n) is 6.15. The van der Waals surface area contributed by atoms with Crippen LogP contribution in [0.25, 0.3) is 0 Å². The second-order valence-electron chi connectivity index (χ2n) is 4.89. The third-order valence-electron chi connectivity index (χ3n) is 3.47. The van der Waals surface area contributed by atoms with Crippen molar-refractivity contribution < 1.29 is 13.6 Å². The molecule has 0 aliphatic heterocycles. The van der Waals surface area contributed by atoms with Gasteiger partial charge in [-0.1, -0.05) is 0 Å². The maximum absolute atomic E-state index is 13.0. The first-order chi connectivity index (χ1) is 8.48. The van der Waals surface area contributed by atoms with E-state index >= 15 is 0 Å². The Hall–Kier alpha value is -1.46. The van der Waals surface area contributed by atoms with Gasteiger partial charge in [0.2, 0.25) is 11.8 Å². The van der Waals surface area contributed by atoms with Crippen molar-refractivity contribution >= 4 is 5.91 Å². The fourth-order valence-corrected chi connectivity index (χ4v) is 2.21. The third-order valence-corrected chi connectivity index (χ3v) is 3.47. The Labute approximate surface area is 104 Å². The average Bonchev–Trinajstić information content (AvgIpc) is 2.82. The van der Waals surface area contributed by atoms with Gasteiger partial charge >= 0.3 is 0 Å². The Morgan fingerprint density at radius 1 is 1.56 bits per heavy atom. The van der Waals surface area contributed by atoms with Crippen LogP contribution in [0.1, 0.15) is 44.2 Å². The lowest BCUT2D eigenvalue weighted by molar-refractivity contribution is -0.129. The number of hydrogen-bond acceptors (Lipinski definition) is 2. The number of alkyl halides is 2. The first kappa shape index (κ1) is 13.0. The SMILES string of the molecule is CC(NC(=O)C1CCC(F)(F)CC1)c1cn[nH]c1. The molecule has 0 radical (unpaired) electrons. The molecule has 100 valence electrons. The predicted molar refractivity (Wildman–Crippen MR) is 62.1 cm³/mol. The summed E-state index contributed by atoms with van der Waals surface area (Å²) in [7, 11) is 0. The summed E-state index contributed by atoms with van der Waals surface area (Å²) in [6, 6.07) is -0.154. The minimum atomic E-state index is -2.59. The molecule has 2 N–H and O–H groups in total. The average molecular weight is 257 g/mol. The molecule has 1 amide bonds. The quantitative estimate of drug-likeness (QED) is 0.873. The van der Waals surface area contributed by atoms with E-state index in [1.807, 2.05) is 6.92 Å². The van der Waals surface area contributed by atoms with E-state index in [1.54, 1.807) is 12.4 Å². The maximum Gasteiger partial charge on any atom is 0.248 e. The highest BCUT2D eigenvalue weighted by atomic mass is 19.3. The van der Waals surface area contributed by atoms with Crippen LogP contribution in [0.5, 0.6) is 0 Å². The molecule has 1 aliphatic rings. The smallest absolute Gasteiger partial charge is 0.248 e. The first-order valence-corrected chi connectivity index (χ1v) is 6.15. The number of rotatable bonds is 3. The van der Waals surface area contributed by atoms with Gasteiger partial charge in [0.25, 0.3) is 0 Å². The molecule has 18 heavy (non-hydrogen) atoms. The number of carbonyl (C=O) groups is 1. The van der Waals surface area contributed by atoms with Gasteiger partial charge in [-0.3, -0.25) is 9.89 Å². The molecule has 0 bridgehead atoms. The lowest BCUT2D eigenvalue weighted by Gasteiger charge is -2.28. The molecule has 0 spiro atoms. The number of carbonyl (C=O) groups excluding carboxylic acids is 1. The van der Waals surface area contributed by atoms with Crippen molar-refractivity contribution in [2.24, 2.45) is 5.92 Å². The molecule has 0 saturated heterocycles. The van der Waals surface area contributed by atoms with Crippen LogP contribution < -0.4 is 5.32 Å². The highest BCUT2D eigenvalue weighted by Gasteiger charge is 2.37. The van der Waals surface area contributed by atoms with Crippen molar-refractivity contribution in [1.29, 1.82) is 0 Å². The highest BCUT2D eigenvalue weighted by Crippen LogP contribution is 2.36. The molecule has 6 heteroatoms. The highest BCUT2D eigenvalue weighted by molar-refractivity contribution is 5.79. The van der Waals surface area contributed by atoms with E-state index in [0.29, 0.717) is 0 Å². The molecule has 0 aromatic carbocycles. The van der Waals surface area contributed by atoms with Crippen molar-refractivity contribution in [1.82, 2.24) is 15.5 Å². The third kappa shape index (κ3) is 3.05. The van der Waals surface area contributed by atoms with Crippen molar-refractivity contribution in [3.63, 3.8) is 0 Å². The summed E-state index contributed by atoms with van der Waals surface area (Å²) in [6.45, 7) is 1.85. The molecule has 1 saturated carbocycles. The number of halogens is 2. The molecule has 1 heterocycles. The molecule has 1 unspecified atom stereocenters. The number of H-pyrrole nitrogens is 1. The molecule has 1 aromatic rings. The molecular formula is C12H17F2N3O. The van der Waals surface area contributed by atoms with Crippen LogP contribution in [-0.4, -0.2) is 22.0 Å². The van der Waals surface area contributed by atoms with Crippen LogP contribution >= 0.6 is 0 Å². The second-order valence-corrected chi connectivity index (χ2v) is 4.89. The molecule has 4 nitrogen and oxygen atoms in total. The minimum Gasteiger partial charge on any atom is -0.349 e. The summed E-state index contributed by atoms with van der Waals surface area (Å²) in [5, 5.41) is 9.32. The number of hydrogen-bond donors (Lipinski definition) is 2. The normalized spacial score (nSPS) is 21.5. The van der Waals surface area contributed by atoms with Gasteiger partial charge < -0.3 is 5.32 Å². The summed E-state index contributed by atoms with van der Waals surface area (Å²) in [4.78, 5) is 11.9. The molecule has 1 aromatic heterocycles. The zero-order valence-corrected chi connectivity index (χ0v) is 10.2. The van der Waals surface area contributed by atoms with Crippen molar-refractivity contribution in [2.75, 3.05) is 0 Å². The summed E-state index contributed by atoms with van der Waals surface area (Å²) < 4.78 is 26.0. The fraction of sp³-hybridized carbons (Fsp3) is 0.667. The number of aromatic nitrogens is 2. The van der Waals surface area contributed by atoms with Crippen LogP contribution in [0.3, 0.4) is 0 Å². The fourth-order valence-electron chi connectivity index (χ4n) is 2.21. The zero-order chi connectivity index (χ0) is 13.2. The van der Waals surface area contributed by atoms with E-state index in [9.17, 15) is 13.6 Å². The van der Waals surface area contributed by atoms with Crippen LogP contribution in [-0.2, 0) is 4.79 Å². The van der Waals surface area contributed by atoms with E-state index < -0.39 is 5.92 Å². The Morgan fingerprint density at radius 3 is 2.78 bits per heavy atom. The Morgan fingerprint density at radius 2 is 2.22 bits per heavy atom. The van der Waals surface area contributed by atoms with E-state index in [4.69, 9.17) is 0 Å². The molecular weight excluding hydrogens is 240 g/mol. The summed E-state index contributed by atoms with van der Waals surface area (Å²) in [6.07, 6.45) is 3.49. The van der Waals surface area contributed by atoms with E-state index in [2.05, 4.69) is 15.5 Å². The molecule has 1 atom stereocenters. The summed E-state index contributed by atoms with van der Waals surface area (Å²) in [5.74, 6) is -3.02. The second kappa shape index (κ2) is 5.04. The number of amides is 1. The van der Waals surface area contributed by atoms with Gasteiger partial charge in [0.1, 0.15) is 0 Å². The molecule has 2 rings (SSSR count). The number of nitrogens with one attached hydrogen (secondary N) is 2. The lowest BCUT2D eigenvalue weighted by atomic mass is 9.86. The van der Waals surface area contributed by atoms with Crippen molar-refractivity contribution in [3.05, 3.63) is 18.0 Å². The van der Waals surface area contributed by atoms with E-state index in [-0.39, 0.29) is 43.6 Å². The van der Waals surface area contributed by atoms with Gasteiger partial charge in [0.05, 0.1) is 12.2 Å². The number of aromatic amines is 1. The van der Waals surface area contributed by atoms with E-state index in [0.717, 1.165) is 5.56 Å². The largest absolute Gasteiger partial charge is 0.349 e. The molecule has 1 fully saturated rings. The van der Waals surface area contributed by atoms with Gasteiger partial charge in [-0.15, -0.1) is 0 Å². The van der Waals surface area contributed by atoms with Crippen molar-refractivity contribution in [3.8, 4) is 0 Å². The van der Waals surface area contributed by atoms with Gasteiger partial charge in [0, 0.05) is 30.5 Å². The maximum atomic E-state index is 13.0. The lowest BCUT2D eigenvalue weighted by Crippen LogP contribution is -2.37. The van der Waals surface area contributed by atoms with Crippen LogP contribution in [0.2, 0.25) is 0 Å². The predicted octanol–water partition coefficient (Wildman–Crippen LogP) is 2.41. The number of nitrogens with zero attached hydrogens (tertiary/aromatic N) is 1. The minimum absolute atomic E-state index is 0.140.